The zero-order chi connectivity index (χ0) is 18.2. The Morgan fingerprint density at radius 1 is 0.920 bits per heavy atom. The topological polar surface area (TPSA) is 43.4 Å². The Hall–Kier alpha value is -1.84. The van der Waals surface area contributed by atoms with Gasteiger partial charge >= 0.3 is 15.6 Å². The van der Waals surface area contributed by atoms with Crippen LogP contribution in [0.1, 0.15) is 5.56 Å². The maximum absolute atomic E-state index is 12.8. The van der Waals surface area contributed by atoms with Crippen LogP contribution >= 0.6 is 22.7 Å². The van der Waals surface area contributed by atoms with Crippen molar-refractivity contribution in [2.75, 3.05) is 0 Å². The first-order valence-corrected chi connectivity index (χ1v) is 10.1. The lowest BCUT2D eigenvalue weighted by Crippen LogP contribution is -2.28. The fourth-order valence-corrected chi connectivity index (χ4v) is 4.37. The molecule has 0 N–H and O–H groups in total. The van der Waals surface area contributed by atoms with Crippen molar-refractivity contribution in [2.24, 2.45) is 0 Å². The number of alkyl halides is 3. The molecule has 3 nitrogen and oxygen atoms in total. The third-order valence-corrected chi connectivity index (χ3v) is 6.21. The Kier molecular flexibility index (Phi) is 4.65. The van der Waals surface area contributed by atoms with Crippen molar-refractivity contribution in [1.29, 1.82) is 0 Å². The minimum atomic E-state index is -5.76. The van der Waals surface area contributed by atoms with Gasteiger partial charge in [0.05, 0.1) is 0 Å². The number of hydrogen-bond donors (Lipinski definition) is 0. The second-order valence-corrected chi connectivity index (χ2v) is 8.49. The first kappa shape index (κ1) is 18.0. The molecule has 0 spiro atoms. The minimum absolute atomic E-state index is 0.300. The van der Waals surface area contributed by atoms with Crippen LogP contribution in [0.15, 0.2) is 47.2 Å². The van der Waals surface area contributed by atoms with Gasteiger partial charge in [-0.1, -0.05) is 18.2 Å². The van der Waals surface area contributed by atoms with Crippen LogP contribution < -0.4 is 4.18 Å². The van der Waals surface area contributed by atoms with Crippen LogP contribution in [0.2, 0.25) is 0 Å². The minimum Gasteiger partial charge on any atom is -0.375 e. The Balaban J connectivity index is 2.20. The van der Waals surface area contributed by atoms with Crippen LogP contribution in [-0.2, 0) is 10.1 Å². The third-order valence-electron chi connectivity index (χ3n) is 3.46. The first-order chi connectivity index (χ1) is 11.7. The largest absolute Gasteiger partial charge is 0.534 e. The molecule has 0 amide bonds. The molecule has 0 aliphatic heterocycles. The second kappa shape index (κ2) is 6.47. The number of rotatable bonds is 4. The van der Waals surface area contributed by atoms with Gasteiger partial charge in [-0.05, 0) is 41.4 Å². The molecule has 0 saturated carbocycles. The number of thiophene rings is 2. The lowest BCUT2D eigenvalue weighted by atomic mass is 10.0. The van der Waals surface area contributed by atoms with Crippen LogP contribution in [-0.4, -0.2) is 13.9 Å². The molecule has 9 heteroatoms. The summed E-state index contributed by atoms with van der Waals surface area (Å²) in [5.74, 6) is -0.300. The highest BCUT2D eigenvalue weighted by Crippen LogP contribution is 2.43. The van der Waals surface area contributed by atoms with Crippen LogP contribution in [0.5, 0.6) is 5.75 Å². The molecular formula is C16H11F3O3S3. The maximum Gasteiger partial charge on any atom is 0.534 e. The third kappa shape index (κ3) is 3.44. The number of hydrogen-bond acceptors (Lipinski definition) is 5. The van der Waals surface area contributed by atoms with Gasteiger partial charge in [0.2, 0.25) is 0 Å². The van der Waals surface area contributed by atoms with E-state index in [9.17, 15) is 21.6 Å². The molecule has 0 bridgehead atoms. The molecule has 132 valence electrons. The van der Waals surface area contributed by atoms with Gasteiger partial charge in [0.25, 0.3) is 0 Å². The molecule has 0 atom stereocenters. The predicted molar refractivity (Wildman–Crippen MR) is 93.4 cm³/mol. The Labute approximate surface area is 150 Å². The highest BCUT2D eigenvalue weighted by molar-refractivity contribution is 7.88. The van der Waals surface area contributed by atoms with E-state index in [-0.39, 0.29) is 5.75 Å². The zero-order valence-corrected chi connectivity index (χ0v) is 15.2. The fraction of sp³-hybridized carbons (Fsp3) is 0.125. The van der Waals surface area contributed by atoms with E-state index in [1.54, 1.807) is 48.7 Å². The summed E-state index contributed by atoms with van der Waals surface area (Å²) < 4.78 is 66.0. The molecule has 0 radical (unpaired) electrons. The molecule has 0 fully saturated rings. The summed E-state index contributed by atoms with van der Waals surface area (Å²) in [5, 5.41) is 3.58. The summed E-state index contributed by atoms with van der Waals surface area (Å²) in [6.45, 7) is 1.55. The summed E-state index contributed by atoms with van der Waals surface area (Å²) in [6, 6.07) is 10.4. The Bertz CT molecular complexity index is 974. The van der Waals surface area contributed by atoms with Gasteiger partial charge in [-0.25, -0.2) is 0 Å². The maximum atomic E-state index is 12.8. The summed E-state index contributed by atoms with van der Waals surface area (Å²) in [7, 11) is -5.76. The standard InChI is InChI=1S/C16H11F3O3S3/c1-10-11(13-4-2-8-23-13)6-7-12(14-5-3-9-24-14)15(10)22-25(20,21)16(17,18)19/h2-9H,1H3. The molecule has 2 aromatic heterocycles. The SMILES string of the molecule is Cc1c(-c2cccs2)ccc(-c2cccs2)c1OS(=O)(=O)C(F)(F)F. The average Bonchev–Trinajstić information content (AvgIpc) is 3.20. The van der Waals surface area contributed by atoms with Crippen molar-refractivity contribution in [2.45, 2.75) is 12.4 Å². The van der Waals surface area contributed by atoms with Crippen LogP contribution in [0.25, 0.3) is 20.9 Å². The summed E-state index contributed by atoms with van der Waals surface area (Å²) in [5.41, 5.74) is -4.23. The number of halogens is 3. The van der Waals surface area contributed by atoms with Crippen molar-refractivity contribution >= 4 is 32.8 Å². The highest BCUT2D eigenvalue weighted by Gasteiger charge is 2.49. The molecule has 25 heavy (non-hydrogen) atoms. The molecule has 0 saturated heterocycles. The zero-order valence-electron chi connectivity index (χ0n) is 12.7. The van der Waals surface area contributed by atoms with Crippen molar-refractivity contribution in [3.8, 4) is 26.6 Å². The van der Waals surface area contributed by atoms with Gasteiger partial charge in [-0.15, -0.1) is 22.7 Å². The fourth-order valence-electron chi connectivity index (χ4n) is 2.28. The molecule has 0 aliphatic carbocycles. The lowest BCUT2D eigenvalue weighted by Gasteiger charge is -2.17. The summed E-state index contributed by atoms with van der Waals surface area (Å²) in [4.78, 5) is 1.43. The quantitative estimate of drug-likeness (QED) is 0.415. The second-order valence-electron chi connectivity index (χ2n) is 5.05. The molecule has 0 aliphatic rings. The predicted octanol–water partition coefficient (Wildman–Crippen LogP) is 5.68. The molecule has 0 unspecified atom stereocenters. The van der Waals surface area contributed by atoms with E-state index >= 15 is 0 Å². The summed E-state index contributed by atoms with van der Waals surface area (Å²) >= 11 is 2.68. The van der Waals surface area contributed by atoms with Crippen LogP contribution in [0.4, 0.5) is 13.2 Å². The van der Waals surface area contributed by atoms with Gasteiger partial charge in [-0.2, -0.15) is 21.6 Å². The van der Waals surface area contributed by atoms with E-state index in [4.69, 9.17) is 0 Å². The van der Waals surface area contributed by atoms with Gasteiger partial charge in [0, 0.05) is 20.9 Å². The van der Waals surface area contributed by atoms with Crippen molar-refractivity contribution in [3.63, 3.8) is 0 Å². The van der Waals surface area contributed by atoms with Gasteiger partial charge in [0.1, 0.15) is 0 Å². The first-order valence-electron chi connectivity index (χ1n) is 6.93. The lowest BCUT2D eigenvalue weighted by molar-refractivity contribution is -0.0500. The smallest absolute Gasteiger partial charge is 0.375 e. The molecule has 3 aromatic rings. The Morgan fingerprint density at radius 3 is 1.92 bits per heavy atom. The molecular weight excluding hydrogens is 393 g/mol. The molecule has 2 heterocycles. The number of benzene rings is 1. The van der Waals surface area contributed by atoms with E-state index in [1.165, 1.54) is 22.7 Å². The van der Waals surface area contributed by atoms with E-state index in [2.05, 4.69) is 4.18 Å². The Morgan fingerprint density at radius 2 is 1.44 bits per heavy atom. The van der Waals surface area contributed by atoms with E-state index < -0.39 is 15.6 Å². The van der Waals surface area contributed by atoms with E-state index in [1.807, 2.05) is 5.38 Å². The normalized spacial score (nSPS) is 12.3. The van der Waals surface area contributed by atoms with Gasteiger partial charge in [-0.3, -0.25) is 0 Å². The molecule has 3 rings (SSSR count). The monoisotopic (exact) mass is 404 g/mol. The van der Waals surface area contributed by atoms with Crippen molar-refractivity contribution < 1.29 is 25.8 Å². The van der Waals surface area contributed by atoms with Crippen molar-refractivity contribution in [1.82, 2.24) is 0 Å². The van der Waals surface area contributed by atoms with Gasteiger partial charge in [0.15, 0.2) is 5.75 Å². The molecule has 1 aromatic carbocycles. The van der Waals surface area contributed by atoms with Crippen molar-refractivity contribution in [3.05, 3.63) is 52.7 Å². The summed E-state index contributed by atoms with van der Waals surface area (Å²) in [6.07, 6.45) is 0. The average molecular weight is 404 g/mol. The van der Waals surface area contributed by atoms with E-state index in [0.29, 0.717) is 21.6 Å². The highest BCUT2D eigenvalue weighted by atomic mass is 32.2. The van der Waals surface area contributed by atoms with Gasteiger partial charge < -0.3 is 4.18 Å². The van der Waals surface area contributed by atoms with Crippen LogP contribution in [0, 0.1) is 6.92 Å². The van der Waals surface area contributed by atoms with E-state index in [0.717, 1.165) is 4.88 Å². The van der Waals surface area contributed by atoms with Crippen LogP contribution in [0.3, 0.4) is 0 Å².